The van der Waals surface area contributed by atoms with Crippen molar-refractivity contribution in [2.75, 3.05) is 44.3 Å². The van der Waals surface area contributed by atoms with Crippen molar-refractivity contribution in [2.45, 2.75) is 45.1 Å². The van der Waals surface area contributed by atoms with Gasteiger partial charge in [-0.15, -0.1) is 0 Å². The van der Waals surface area contributed by atoms with Gasteiger partial charge in [0.15, 0.2) is 0 Å². The summed E-state index contributed by atoms with van der Waals surface area (Å²) in [5, 5.41) is 4.40. The largest absolute Gasteiger partial charge is 0.381 e. The van der Waals surface area contributed by atoms with Gasteiger partial charge in [-0.05, 0) is 57.9 Å². The van der Waals surface area contributed by atoms with E-state index in [-0.39, 0.29) is 0 Å². The van der Waals surface area contributed by atoms with E-state index in [4.69, 9.17) is 4.74 Å². The van der Waals surface area contributed by atoms with Gasteiger partial charge in [0.05, 0.1) is 5.54 Å². The average Bonchev–Trinajstić information content (AvgIpc) is 3.32. The Bertz CT molecular complexity index is 810. The summed E-state index contributed by atoms with van der Waals surface area (Å²) in [6.45, 7) is 10.5. The topological polar surface area (TPSA) is 58.8 Å². The van der Waals surface area contributed by atoms with Crippen LogP contribution in [-0.2, 0) is 4.74 Å². The predicted molar refractivity (Wildman–Crippen MR) is 104 cm³/mol. The summed E-state index contributed by atoms with van der Waals surface area (Å²) in [6.07, 6.45) is 6.96. The van der Waals surface area contributed by atoms with Gasteiger partial charge in [0.2, 0.25) is 0 Å². The number of nitrogens with zero attached hydrogens (tertiary/aromatic N) is 6. The molecule has 0 unspecified atom stereocenters. The zero-order valence-electron chi connectivity index (χ0n) is 16.5. The molecule has 2 aliphatic heterocycles. The van der Waals surface area contributed by atoms with Gasteiger partial charge in [0.25, 0.3) is 5.78 Å². The van der Waals surface area contributed by atoms with Crippen molar-refractivity contribution in [3.05, 3.63) is 18.1 Å². The number of fused-ring (bicyclic) bond motifs is 1. The molecule has 2 aromatic rings. The number of likely N-dealkylation sites (tertiary alicyclic amines) is 1. The van der Waals surface area contributed by atoms with Crippen LogP contribution < -0.4 is 4.90 Å². The van der Waals surface area contributed by atoms with Crippen LogP contribution in [0.15, 0.2) is 12.4 Å². The maximum absolute atomic E-state index is 5.78. The standard InChI is InChI=1S/C20H30N6O/c1-3-27-11-17-6-7-25(10-16-4-5-16)20(9-17)12-24(13-20)18-8-15(2)23-19-21-14-22-26(18)19/h8,14,16-17H,3-7,9-13H2,1-2H3/t17-/m0/s1. The Hall–Kier alpha value is -1.73. The second kappa shape index (κ2) is 6.71. The number of aromatic nitrogens is 4. The summed E-state index contributed by atoms with van der Waals surface area (Å²) in [4.78, 5) is 14.0. The van der Waals surface area contributed by atoms with E-state index in [0.29, 0.717) is 17.2 Å². The van der Waals surface area contributed by atoms with Crippen molar-refractivity contribution in [3.63, 3.8) is 0 Å². The lowest BCUT2D eigenvalue weighted by molar-refractivity contribution is -0.0283. The Morgan fingerprint density at radius 3 is 2.85 bits per heavy atom. The molecular weight excluding hydrogens is 340 g/mol. The van der Waals surface area contributed by atoms with E-state index in [2.05, 4.69) is 37.9 Å². The molecule has 3 fully saturated rings. The summed E-state index contributed by atoms with van der Waals surface area (Å²) >= 11 is 0. The Balaban J connectivity index is 1.36. The highest BCUT2D eigenvalue weighted by molar-refractivity contribution is 5.51. The molecule has 2 saturated heterocycles. The first kappa shape index (κ1) is 17.4. The molecule has 4 heterocycles. The molecule has 0 amide bonds. The maximum Gasteiger partial charge on any atom is 0.254 e. The van der Waals surface area contributed by atoms with Crippen LogP contribution in [0.1, 0.15) is 38.3 Å². The summed E-state index contributed by atoms with van der Waals surface area (Å²) in [6, 6.07) is 2.14. The molecular formula is C20H30N6O. The summed E-state index contributed by atoms with van der Waals surface area (Å²) in [5.41, 5.74) is 1.30. The number of anilines is 1. The fraction of sp³-hybridized carbons (Fsp3) is 0.750. The zero-order chi connectivity index (χ0) is 18.4. The van der Waals surface area contributed by atoms with Crippen molar-refractivity contribution < 1.29 is 4.74 Å². The molecule has 0 N–H and O–H groups in total. The molecule has 27 heavy (non-hydrogen) atoms. The van der Waals surface area contributed by atoms with Crippen LogP contribution >= 0.6 is 0 Å². The van der Waals surface area contributed by atoms with Gasteiger partial charge >= 0.3 is 0 Å². The van der Waals surface area contributed by atoms with Crippen molar-refractivity contribution in [1.29, 1.82) is 0 Å². The third-order valence-corrected chi connectivity index (χ3v) is 6.54. The van der Waals surface area contributed by atoms with Gasteiger partial charge in [-0.1, -0.05) is 0 Å². The molecule has 0 bridgehead atoms. The molecule has 0 radical (unpaired) electrons. The van der Waals surface area contributed by atoms with E-state index in [1.807, 2.05) is 11.4 Å². The number of hydrogen-bond donors (Lipinski definition) is 0. The Morgan fingerprint density at radius 2 is 2.07 bits per heavy atom. The van der Waals surface area contributed by atoms with Crippen LogP contribution in [-0.4, -0.2) is 69.4 Å². The first-order chi connectivity index (χ1) is 13.2. The number of ether oxygens (including phenoxy) is 1. The second-order valence-corrected chi connectivity index (χ2v) is 8.72. The smallest absolute Gasteiger partial charge is 0.254 e. The first-order valence-corrected chi connectivity index (χ1v) is 10.4. The van der Waals surface area contributed by atoms with E-state index < -0.39 is 0 Å². The highest BCUT2D eigenvalue weighted by atomic mass is 16.5. The van der Waals surface area contributed by atoms with Gasteiger partial charge in [-0.2, -0.15) is 14.6 Å². The molecule has 1 aliphatic carbocycles. The van der Waals surface area contributed by atoms with Crippen molar-refractivity contribution >= 4 is 11.6 Å². The fourth-order valence-corrected chi connectivity index (χ4v) is 4.96. The molecule has 5 rings (SSSR count). The molecule has 2 aromatic heterocycles. The molecule has 3 aliphatic rings. The minimum atomic E-state index is 0.298. The fourth-order valence-electron chi connectivity index (χ4n) is 4.96. The number of piperidine rings is 1. The maximum atomic E-state index is 5.78. The van der Waals surface area contributed by atoms with Crippen LogP contribution in [0.4, 0.5) is 5.82 Å². The SMILES string of the molecule is CCOC[C@H]1CCN(CC2CC2)C2(C1)CN(c1cc(C)nc3ncnn13)C2. The van der Waals surface area contributed by atoms with Crippen molar-refractivity contribution in [2.24, 2.45) is 11.8 Å². The van der Waals surface area contributed by atoms with Crippen LogP contribution in [0.2, 0.25) is 0 Å². The van der Waals surface area contributed by atoms with Crippen LogP contribution in [0.3, 0.4) is 0 Å². The Morgan fingerprint density at radius 1 is 1.22 bits per heavy atom. The van der Waals surface area contributed by atoms with E-state index in [9.17, 15) is 0 Å². The first-order valence-electron chi connectivity index (χ1n) is 10.4. The third-order valence-electron chi connectivity index (χ3n) is 6.54. The summed E-state index contributed by atoms with van der Waals surface area (Å²) in [5.74, 6) is 3.44. The van der Waals surface area contributed by atoms with Gasteiger partial charge in [0.1, 0.15) is 12.1 Å². The monoisotopic (exact) mass is 370 g/mol. The van der Waals surface area contributed by atoms with E-state index in [0.717, 1.165) is 43.7 Å². The van der Waals surface area contributed by atoms with E-state index in [1.54, 1.807) is 6.33 Å². The van der Waals surface area contributed by atoms with Crippen molar-refractivity contribution in [1.82, 2.24) is 24.5 Å². The molecule has 7 heteroatoms. The number of rotatable bonds is 6. The Labute approximate surface area is 160 Å². The molecule has 0 aromatic carbocycles. The molecule has 146 valence electrons. The number of aryl methyl sites for hydroxylation is 1. The van der Waals surface area contributed by atoms with Gasteiger partial charge < -0.3 is 9.64 Å². The zero-order valence-corrected chi connectivity index (χ0v) is 16.5. The molecule has 1 spiro atoms. The lowest BCUT2D eigenvalue weighted by Gasteiger charge is -2.60. The lowest BCUT2D eigenvalue weighted by Crippen LogP contribution is -2.73. The minimum absolute atomic E-state index is 0.298. The average molecular weight is 371 g/mol. The van der Waals surface area contributed by atoms with Crippen LogP contribution in [0.5, 0.6) is 0 Å². The van der Waals surface area contributed by atoms with Gasteiger partial charge in [-0.3, -0.25) is 4.90 Å². The molecule has 1 saturated carbocycles. The Kier molecular flexibility index (Phi) is 4.31. The van der Waals surface area contributed by atoms with Crippen LogP contribution in [0.25, 0.3) is 5.78 Å². The molecule has 1 atom stereocenters. The summed E-state index contributed by atoms with van der Waals surface area (Å²) in [7, 11) is 0. The minimum Gasteiger partial charge on any atom is -0.381 e. The predicted octanol–water partition coefficient (Wildman–Crippen LogP) is 2.15. The highest BCUT2D eigenvalue weighted by Crippen LogP contribution is 2.43. The number of hydrogen-bond acceptors (Lipinski definition) is 6. The van der Waals surface area contributed by atoms with Crippen LogP contribution in [0, 0.1) is 18.8 Å². The summed E-state index contributed by atoms with van der Waals surface area (Å²) < 4.78 is 7.66. The lowest BCUT2D eigenvalue weighted by atomic mass is 9.75. The van der Waals surface area contributed by atoms with E-state index >= 15 is 0 Å². The van der Waals surface area contributed by atoms with E-state index in [1.165, 1.54) is 38.8 Å². The molecule has 7 nitrogen and oxygen atoms in total. The van der Waals surface area contributed by atoms with Crippen molar-refractivity contribution in [3.8, 4) is 0 Å². The highest BCUT2D eigenvalue weighted by Gasteiger charge is 2.52. The quantitative estimate of drug-likeness (QED) is 0.777. The normalized spacial score (nSPS) is 25.3. The van der Waals surface area contributed by atoms with Gasteiger partial charge in [-0.25, -0.2) is 4.98 Å². The van der Waals surface area contributed by atoms with Gasteiger partial charge in [0, 0.05) is 44.6 Å². The third kappa shape index (κ3) is 3.21. The second-order valence-electron chi connectivity index (χ2n) is 8.72.